The van der Waals surface area contributed by atoms with Crippen LogP contribution in [0, 0.1) is 11.3 Å². The second-order valence-corrected chi connectivity index (χ2v) is 8.76. The fraction of sp³-hybridized carbons (Fsp3) is 0.684. The van der Waals surface area contributed by atoms with Crippen LogP contribution >= 0.6 is 11.6 Å². The monoisotopic (exact) mass is 351 g/mol. The zero-order valence-electron chi connectivity index (χ0n) is 14.5. The van der Waals surface area contributed by atoms with Crippen molar-refractivity contribution in [2.45, 2.75) is 32.2 Å². The minimum atomic E-state index is 0.000125. The van der Waals surface area contributed by atoms with E-state index in [-0.39, 0.29) is 17.4 Å². The van der Waals surface area contributed by atoms with Gasteiger partial charge >= 0.3 is 0 Å². The van der Waals surface area contributed by atoms with Gasteiger partial charge in [-0.25, -0.2) is 0 Å². The minimum Gasteiger partial charge on any atom is -0.492 e. The fourth-order valence-corrected chi connectivity index (χ4v) is 4.79. The van der Waals surface area contributed by atoms with Gasteiger partial charge in [-0.05, 0) is 18.6 Å². The van der Waals surface area contributed by atoms with Crippen molar-refractivity contribution >= 4 is 11.6 Å². The Morgan fingerprint density at radius 2 is 2.21 bits per heavy atom. The first kappa shape index (κ1) is 16.6. The van der Waals surface area contributed by atoms with E-state index in [2.05, 4.69) is 18.7 Å². The van der Waals surface area contributed by atoms with Crippen molar-refractivity contribution < 1.29 is 14.6 Å². The maximum absolute atomic E-state index is 9.98. The second-order valence-electron chi connectivity index (χ2n) is 8.33. The van der Waals surface area contributed by atoms with Crippen LogP contribution in [0.5, 0.6) is 5.75 Å². The Kier molecular flexibility index (Phi) is 4.07. The number of likely N-dealkylation sites (tertiary alicyclic amines) is 1. The summed E-state index contributed by atoms with van der Waals surface area (Å²) in [6.07, 6.45) is 0.946. The van der Waals surface area contributed by atoms with E-state index in [0.29, 0.717) is 12.5 Å². The number of ether oxygens (including phenoxy) is 2. The molecule has 0 bridgehead atoms. The van der Waals surface area contributed by atoms with Crippen molar-refractivity contribution in [1.29, 1.82) is 0 Å². The molecule has 3 aliphatic rings. The number of rotatable bonds is 3. The Hall–Kier alpha value is -0.810. The van der Waals surface area contributed by atoms with Crippen molar-refractivity contribution in [3.8, 4) is 5.75 Å². The third kappa shape index (κ3) is 2.64. The van der Waals surface area contributed by atoms with Gasteiger partial charge in [-0.2, -0.15) is 0 Å². The van der Waals surface area contributed by atoms with Gasteiger partial charge in [0.15, 0.2) is 0 Å². The molecule has 0 spiro atoms. The lowest BCUT2D eigenvalue weighted by atomic mass is 9.75. The van der Waals surface area contributed by atoms with Gasteiger partial charge in [0.1, 0.15) is 5.75 Å². The molecule has 3 aliphatic heterocycles. The highest BCUT2D eigenvalue weighted by atomic mass is 35.5. The van der Waals surface area contributed by atoms with Crippen molar-refractivity contribution in [2.24, 2.45) is 11.3 Å². The van der Waals surface area contributed by atoms with Gasteiger partial charge < -0.3 is 14.6 Å². The van der Waals surface area contributed by atoms with Crippen LogP contribution in [0.25, 0.3) is 0 Å². The summed E-state index contributed by atoms with van der Waals surface area (Å²) in [4.78, 5) is 2.43. The van der Waals surface area contributed by atoms with Crippen molar-refractivity contribution in [2.75, 3.05) is 39.5 Å². The lowest BCUT2D eigenvalue weighted by molar-refractivity contribution is -0.0417. The van der Waals surface area contributed by atoms with Crippen LogP contribution < -0.4 is 4.74 Å². The van der Waals surface area contributed by atoms with Gasteiger partial charge in [-0.3, -0.25) is 4.90 Å². The topological polar surface area (TPSA) is 41.9 Å². The quantitative estimate of drug-likeness (QED) is 0.909. The summed E-state index contributed by atoms with van der Waals surface area (Å²) in [6, 6.07) is 4.08. The zero-order valence-corrected chi connectivity index (χ0v) is 15.2. The highest BCUT2D eigenvalue weighted by Gasteiger charge is 2.48. The lowest BCUT2D eigenvalue weighted by Gasteiger charge is -2.36. The Bertz CT molecular complexity index is 648. The minimum absolute atomic E-state index is 0.000125. The van der Waals surface area contributed by atoms with E-state index < -0.39 is 0 Å². The summed E-state index contributed by atoms with van der Waals surface area (Å²) in [5.74, 6) is 1.43. The molecular weight excluding hydrogens is 326 g/mol. The normalized spacial score (nSPS) is 31.6. The van der Waals surface area contributed by atoms with E-state index in [0.717, 1.165) is 55.6 Å². The Balaban J connectivity index is 1.59. The van der Waals surface area contributed by atoms with Crippen LogP contribution in [0.15, 0.2) is 12.1 Å². The van der Waals surface area contributed by atoms with E-state index >= 15 is 0 Å². The average Bonchev–Trinajstić information content (AvgIpc) is 3.05. The molecule has 0 radical (unpaired) electrons. The maximum Gasteiger partial charge on any atom is 0.127 e. The molecule has 2 saturated heterocycles. The first-order valence-electron chi connectivity index (χ1n) is 8.80. The molecule has 0 aromatic heterocycles. The number of hydrogen-bond acceptors (Lipinski definition) is 4. The van der Waals surface area contributed by atoms with E-state index in [1.165, 1.54) is 5.56 Å². The molecule has 0 saturated carbocycles. The predicted octanol–water partition coefficient (Wildman–Crippen LogP) is 2.84. The van der Waals surface area contributed by atoms with Crippen molar-refractivity contribution in [3.63, 3.8) is 0 Å². The average molecular weight is 352 g/mol. The molecule has 1 N–H and O–H groups in total. The number of fused-ring (bicyclic) bond motifs is 2. The third-order valence-corrected chi connectivity index (χ3v) is 6.31. The summed E-state index contributed by atoms with van der Waals surface area (Å²) < 4.78 is 11.7. The molecule has 132 valence electrons. The summed E-state index contributed by atoms with van der Waals surface area (Å²) in [5, 5.41) is 10.8. The molecule has 3 heterocycles. The van der Waals surface area contributed by atoms with Crippen LogP contribution in [0.4, 0.5) is 0 Å². The van der Waals surface area contributed by atoms with Crippen LogP contribution in [0.2, 0.25) is 5.02 Å². The van der Waals surface area contributed by atoms with Crippen LogP contribution in [-0.4, -0.2) is 49.5 Å². The molecule has 24 heavy (non-hydrogen) atoms. The zero-order chi connectivity index (χ0) is 16.9. The molecule has 0 amide bonds. The number of hydrogen-bond donors (Lipinski definition) is 1. The number of halogens is 1. The number of aliphatic hydroxyl groups excluding tert-OH is 1. The molecule has 4 rings (SSSR count). The molecule has 1 aromatic rings. The first-order chi connectivity index (χ1) is 11.4. The Morgan fingerprint density at radius 1 is 1.38 bits per heavy atom. The Morgan fingerprint density at radius 3 is 2.96 bits per heavy atom. The molecule has 4 nitrogen and oxygen atoms in total. The largest absolute Gasteiger partial charge is 0.492 e. The summed E-state index contributed by atoms with van der Waals surface area (Å²) in [6.45, 7) is 9.55. The summed E-state index contributed by atoms with van der Waals surface area (Å²) >= 11 is 6.38. The van der Waals surface area contributed by atoms with Crippen LogP contribution in [-0.2, 0) is 16.7 Å². The van der Waals surface area contributed by atoms with Gasteiger partial charge in [0.05, 0.1) is 19.8 Å². The number of nitrogens with zero attached hydrogens (tertiary/aromatic N) is 1. The first-order valence-corrected chi connectivity index (χ1v) is 9.18. The molecule has 2 fully saturated rings. The van der Waals surface area contributed by atoms with Crippen LogP contribution in [0.3, 0.4) is 0 Å². The maximum atomic E-state index is 9.98. The Labute approximate surface area is 148 Å². The molecule has 0 aliphatic carbocycles. The summed E-state index contributed by atoms with van der Waals surface area (Å²) in [5.41, 5.74) is 2.38. The van der Waals surface area contributed by atoms with Crippen LogP contribution in [0.1, 0.15) is 31.4 Å². The lowest BCUT2D eigenvalue weighted by Crippen LogP contribution is -2.41. The highest BCUT2D eigenvalue weighted by Crippen LogP contribution is 2.45. The van der Waals surface area contributed by atoms with E-state index in [4.69, 9.17) is 21.1 Å². The highest BCUT2D eigenvalue weighted by molar-refractivity contribution is 6.30. The summed E-state index contributed by atoms with van der Waals surface area (Å²) in [7, 11) is 0. The second kappa shape index (κ2) is 5.87. The van der Waals surface area contributed by atoms with Crippen molar-refractivity contribution in [1.82, 2.24) is 4.90 Å². The smallest absolute Gasteiger partial charge is 0.127 e. The van der Waals surface area contributed by atoms with Gasteiger partial charge in [-0.15, -0.1) is 0 Å². The number of aliphatic hydroxyl groups is 1. The molecule has 0 unspecified atom stereocenters. The standard InChI is InChI=1S/C19H26ClNO3/c1-18(2)12-24-17-13(5-15(20)6-16(17)18)7-21-8-14-9-23-4-3-19(14,10-21)11-22/h5-6,14,22H,3-4,7-12H2,1-2H3/t14-,19-/m1/s1. The predicted molar refractivity (Wildman–Crippen MR) is 93.7 cm³/mol. The van der Waals surface area contributed by atoms with E-state index in [9.17, 15) is 5.11 Å². The fourth-order valence-electron chi connectivity index (χ4n) is 4.55. The van der Waals surface area contributed by atoms with Gasteiger partial charge in [0.25, 0.3) is 0 Å². The van der Waals surface area contributed by atoms with Gasteiger partial charge in [0.2, 0.25) is 0 Å². The van der Waals surface area contributed by atoms with E-state index in [1.54, 1.807) is 0 Å². The van der Waals surface area contributed by atoms with Crippen molar-refractivity contribution in [3.05, 3.63) is 28.3 Å². The molecule has 1 aromatic carbocycles. The van der Waals surface area contributed by atoms with Gasteiger partial charge in [0, 0.05) is 59.1 Å². The SMILES string of the molecule is CC1(C)COc2c(CN3C[C@@H]4COCC[C@]4(CO)C3)cc(Cl)cc21. The molecule has 5 heteroatoms. The van der Waals surface area contributed by atoms with Gasteiger partial charge in [-0.1, -0.05) is 25.4 Å². The molecular formula is C19H26ClNO3. The van der Waals surface area contributed by atoms with E-state index in [1.807, 2.05) is 12.1 Å². The number of benzene rings is 1. The third-order valence-electron chi connectivity index (χ3n) is 6.09. The molecule has 2 atom stereocenters.